The van der Waals surface area contributed by atoms with E-state index in [1.54, 1.807) is 50.4 Å². The fraction of sp³-hybridized carbons (Fsp3) is 0.263. The van der Waals surface area contributed by atoms with Gasteiger partial charge in [0.15, 0.2) is 0 Å². The molecule has 1 atom stereocenters. The van der Waals surface area contributed by atoms with Crippen LogP contribution in [0.4, 0.5) is 5.69 Å². The average Bonchev–Trinajstić information content (AvgIpc) is 2.67. The lowest BCUT2D eigenvalue weighted by Crippen LogP contribution is -2.33. The van der Waals surface area contributed by atoms with Crippen LogP contribution < -0.4 is 5.32 Å². The van der Waals surface area contributed by atoms with Gasteiger partial charge in [-0.3, -0.25) is 19.7 Å². The van der Waals surface area contributed by atoms with Crippen LogP contribution in [-0.4, -0.2) is 35.2 Å². The summed E-state index contributed by atoms with van der Waals surface area (Å²) in [5.41, 5.74) is 1.19. The first-order chi connectivity index (χ1) is 12.8. The number of carbonyl (C=O) groups is 2. The lowest BCUT2D eigenvalue weighted by atomic mass is 10.1. The van der Waals surface area contributed by atoms with E-state index in [1.807, 2.05) is 0 Å². The number of halogens is 1. The number of rotatable bonds is 7. The van der Waals surface area contributed by atoms with E-state index in [0.29, 0.717) is 11.1 Å². The molecule has 0 heterocycles. The van der Waals surface area contributed by atoms with Gasteiger partial charge >= 0.3 is 0 Å². The van der Waals surface area contributed by atoms with Gasteiger partial charge in [0.05, 0.1) is 11.0 Å². The number of nitro groups is 1. The lowest BCUT2D eigenvalue weighted by molar-refractivity contribution is -0.384. The van der Waals surface area contributed by atoms with E-state index >= 15 is 0 Å². The first-order valence-corrected chi connectivity index (χ1v) is 9.12. The van der Waals surface area contributed by atoms with Gasteiger partial charge in [-0.05, 0) is 36.8 Å². The van der Waals surface area contributed by atoms with Crippen molar-refractivity contribution in [3.05, 3.63) is 74.2 Å². The Bertz CT molecular complexity index is 839. The first-order valence-electron chi connectivity index (χ1n) is 8.33. The van der Waals surface area contributed by atoms with Crippen LogP contribution in [0, 0.1) is 10.1 Å². The van der Waals surface area contributed by atoms with Crippen molar-refractivity contribution >= 4 is 33.4 Å². The van der Waals surface area contributed by atoms with Crippen molar-refractivity contribution in [2.45, 2.75) is 19.4 Å². The van der Waals surface area contributed by atoms with Crippen molar-refractivity contribution in [3.8, 4) is 0 Å². The third-order valence-corrected chi connectivity index (χ3v) is 4.80. The van der Waals surface area contributed by atoms with E-state index in [9.17, 15) is 19.7 Å². The zero-order valence-corrected chi connectivity index (χ0v) is 16.6. The largest absolute Gasteiger partial charge is 0.352 e. The van der Waals surface area contributed by atoms with Crippen LogP contribution in [0.5, 0.6) is 0 Å². The summed E-state index contributed by atoms with van der Waals surface area (Å²) in [4.78, 5) is 36.4. The minimum atomic E-state index is -0.463. The molecular formula is C19H20BrN3O4. The van der Waals surface area contributed by atoms with Crippen molar-refractivity contribution in [1.29, 1.82) is 0 Å². The standard InChI is InChI=1S/C19H20BrN3O4/c1-13(15-4-3-5-17(12-15)23(26)27)22(2)18(24)10-11-21-19(25)14-6-8-16(20)9-7-14/h3-9,12-13H,10-11H2,1-2H3,(H,21,25). The maximum atomic E-state index is 12.4. The van der Waals surface area contributed by atoms with E-state index in [-0.39, 0.29) is 36.5 Å². The molecule has 2 aromatic rings. The molecule has 2 aromatic carbocycles. The number of nitrogens with one attached hydrogen (secondary N) is 1. The van der Waals surface area contributed by atoms with E-state index in [4.69, 9.17) is 0 Å². The molecular weight excluding hydrogens is 414 g/mol. The van der Waals surface area contributed by atoms with E-state index in [1.165, 1.54) is 17.0 Å². The Hall–Kier alpha value is -2.74. The second kappa shape index (κ2) is 9.27. The highest BCUT2D eigenvalue weighted by Gasteiger charge is 2.19. The van der Waals surface area contributed by atoms with Gasteiger partial charge < -0.3 is 10.2 Å². The molecule has 0 aliphatic rings. The molecule has 1 unspecified atom stereocenters. The summed E-state index contributed by atoms with van der Waals surface area (Å²) >= 11 is 3.31. The molecule has 2 rings (SSSR count). The highest BCUT2D eigenvalue weighted by molar-refractivity contribution is 9.10. The lowest BCUT2D eigenvalue weighted by Gasteiger charge is -2.25. The molecule has 0 bridgehead atoms. The molecule has 0 spiro atoms. The van der Waals surface area contributed by atoms with Crippen LogP contribution in [0.3, 0.4) is 0 Å². The second-order valence-corrected chi connectivity index (χ2v) is 6.96. The third kappa shape index (κ3) is 5.62. The third-order valence-electron chi connectivity index (χ3n) is 4.27. The number of non-ortho nitro benzene ring substituents is 1. The fourth-order valence-corrected chi connectivity index (χ4v) is 2.76. The van der Waals surface area contributed by atoms with Crippen LogP contribution in [0.1, 0.15) is 35.3 Å². The molecule has 0 radical (unpaired) electrons. The Balaban J connectivity index is 1.89. The zero-order chi connectivity index (χ0) is 20.0. The topological polar surface area (TPSA) is 92.6 Å². The van der Waals surface area contributed by atoms with E-state index in [0.717, 1.165) is 4.47 Å². The normalized spacial score (nSPS) is 11.5. The SMILES string of the molecule is CC(c1cccc([N+](=O)[O-])c1)N(C)C(=O)CCNC(=O)c1ccc(Br)cc1. The molecule has 7 nitrogen and oxygen atoms in total. The Labute approximate surface area is 165 Å². The number of amides is 2. The van der Waals surface area contributed by atoms with Gasteiger partial charge in [0.25, 0.3) is 11.6 Å². The predicted molar refractivity (Wildman–Crippen MR) is 105 cm³/mol. The van der Waals surface area contributed by atoms with Crippen molar-refractivity contribution in [2.24, 2.45) is 0 Å². The van der Waals surface area contributed by atoms with Gasteiger partial charge in [0, 0.05) is 42.2 Å². The number of hydrogen-bond donors (Lipinski definition) is 1. The number of carbonyl (C=O) groups excluding carboxylic acids is 2. The quantitative estimate of drug-likeness (QED) is 0.531. The summed E-state index contributed by atoms with van der Waals surface area (Å²) in [6.07, 6.45) is 0.137. The van der Waals surface area contributed by atoms with Crippen LogP contribution in [-0.2, 0) is 4.79 Å². The summed E-state index contributed by atoms with van der Waals surface area (Å²) in [5, 5.41) is 13.6. The fourth-order valence-electron chi connectivity index (χ4n) is 2.50. The van der Waals surface area contributed by atoms with Crippen molar-refractivity contribution in [1.82, 2.24) is 10.2 Å². The van der Waals surface area contributed by atoms with Gasteiger partial charge in [-0.15, -0.1) is 0 Å². The molecule has 2 amide bonds. The van der Waals surface area contributed by atoms with Crippen molar-refractivity contribution in [3.63, 3.8) is 0 Å². The molecule has 0 saturated carbocycles. The molecule has 0 fully saturated rings. The molecule has 8 heteroatoms. The summed E-state index contributed by atoms with van der Waals surface area (Å²) in [7, 11) is 1.64. The molecule has 0 aliphatic heterocycles. The van der Waals surface area contributed by atoms with E-state index < -0.39 is 4.92 Å². The Morgan fingerprint density at radius 3 is 2.52 bits per heavy atom. The van der Waals surface area contributed by atoms with Crippen molar-refractivity contribution in [2.75, 3.05) is 13.6 Å². The summed E-state index contributed by atoms with van der Waals surface area (Å²) in [6.45, 7) is 2.01. The van der Waals surface area contributed by atoms with Crippen LogP contribution in [0.2, 0.25) is 0 Å². The van der Waals surface area contributed by atoms with Crippen LogP contribution in [0.15, 0.2) is 53.0 Å². The Morgan fingerprint density at radius 1 is 1.22 bits per heavy atom. The predicted octanol–water partition coefficient (Wildman–Crippen LogP) is 3.70. The Morgan fingerprint density at radius 2 is 1.89 bits per heavy atom. The smallest absolute Gasteiger partial charge is 0.269 e. The molecule has 142 valence electrons. The number of nitro benzene ring substituents is 1. The molecule has 27 heavy (non-hydrogen) atoms. The van der Waals surface area contributed by atoms with Gasteiger partial charge in [-0.25, -0.2) is 0 Å². The first kappa shape index (κ1) is 20.6. The van der Waals surface area contributed by atoms with Gasteiger partial charge in [0.1, 0.15) is 0 Å². The van der Waals surface area contributed by atoms with Gasteiger partial charge in [-0.1, -0.05) is 28.1 Å². The molecule has 0 saturated heterocycles. The van der Waals surface area contributed by atoms with Crippen molar-refractivity contribution < 1.29 is 14.5 Å². The van der Waals surface area contributed by atoms with Gasteiger partial charge in [0.2, 0.25) is 5.91 Å². The number of hydrogen-bond acceptors (Lipinski definition) is 4. The summed E-state index contributed by atoms with van der Waals surface area (Å²) < 4.78 is 0.881. The second-order valence-electron chi connectivity index (χ2n) is 6.05. The van der Waals surface area contributed by atoms with Crippen LogP contribution in [0.25, 0.3) is 0 Å². The maximum Gasteiger partial charge on any atom is 0.269 e. The minimum absolute atomic E-state index is 0.0121. The minimum Gasteiger partial charge on any atom is -0.352 e. The Kier molecular flexibility index (Phi) is 7.06. The van der Waals surface area contributed by atoms with E-state index in [2.05, 4.69) is 21.2 Å². The average molecular weight is 434 g/mol. The highest BCUT2D eigenvalue weighted by atomic mass is 79.9. The summed E-state index contributed by atoms with van der Waals surface area (Å²) in [6, 6.07) is 12.8. The zero-order valence-electron chi connectivity index (χ0n) is 15.0. The number of benzene rings is 2. The number of nitrogens with zero attached hydrogens (tertiary/aromatic N) is 2. The monoisotopic (exact) mass is 433 g/mol. The molecule has 1 N–H and O–H groups in total. The maximum absolute atomic E-state index is 12.4. The summed E-state index contributed by atoms with van der Waals surface area (Å²) in [5.74, 6) is -0.408. The highest BCUT2D eigenvalue weighted by Crippen LogP contribution is 2.23. The molecule has 0 aliphatic carbocycles. The van der Waals surface area contributed by atoms with Gasteiger partial charge in [-0.2, -0.15) is 0 Å². The van der Waals surface area contributed by atoms with Crippen LogP contribution >= 0.6 is 15.9 Å². The molecule has 0 aromatic heterocycles.